The van der Waals surface area contributed by atoms with E-state index in [4.69, 9.17) is 5.73 Å². The first-order valence-electron chi connectivity index (χ1n) is 8.27. The third-order valence-corrected chi connectivity index (χ3v) is 4.63. The van der Waals surface area contributed by atoms with Crippen LogP contribution < -0.4 is 11.1 Å². The number of aryl methyl sites for hydroxylation is 1. The molecule has 0 aliphatic heterocycles. The van der Waals surface area contributed by atoms with Gasteiger partial charge < -0.3 is 11.1 Å². The summed E-state index contributed by atoms with van der Waals surface area (Å²) in [4.78, 5) is 16.5. The number of carbonyl (C=O) groups excluding carboxylic acids is 1. The Kier molecular flexibility index (Phi) is 4.60. The normalized spacial score (nSPS) is 16.7. The van der Waals surface area contributed by atoms with Crippen LogP contribution in [0.15, 0.2) is 36.4 Å². The highest BCUT2D eigenvalue weighted by molar-refractivity contribution is 5.94. The number of hydrogen-bond donors (Lipinski definition) is 2. The zero-order valence-electron chi connectivity index (χ0n) is 13.5. The standard InChI is InChI=1S/C19H23N3O/c1-2-13-6-7-15-11-16(9-8-14(15)10-13)19(23)21-12-17-4-3-5-18(20)22-17/h3-5,8-9,11,13H,2,6-7,10,12H2,1H3,(H2,20,22)(H,21,23). The zero-order chi connectivity index (χ0) is 16.2. The largest absolute Gasteiger partial charge is 0.384 e. The minimum Gasteiger partial charge on any atom is -0.384 e. The van der Waals surface area contributed by atoms with Crippen LogP contribution in [0.3, 0.4) is 0 Å². The summed E-state index contributed by atoms with van der Waals surface area (Å²) in [5.74, 6) is 1.20. The van der Waals surface area contributed by atoms with E-state index >= 15 is 0 Å². The Bertz CT molecular complexity index is 712. The summed E-state index contributed by atoms with van der Waals surface area (Å²) in [6.45, 7) is 2.64. The second-order valence-electron chi connectivity index (χ2n) is 6.24. The lowest BCUT2D eigenvalue weighted by atomic mass is 9.82. The van der Waals surface area contributed by atoms with Crippen molar-refractivity contribution in [3.05, 3.63) is 58.8 Å². The number of nitrogens with one attached hydrogen (secondary N) is 1. The second kappa shape index (κ2) is 6.82. The fraction of sp³-hybridized carbons (Fsp3) is 0.368. The van der Waals surface area contributed by atoms with Crippen LogP contribution >= 0.6 is 0 Å². The lowest BCUT2D eigenvalue weighted by molar-refractivity contribution is 0.0950. The summed E-state index contributed by atoms with van der Waals surface area (Å²) in [5.41, 5.74) is 9.87. The van der Waals surface area contributed by atoms with Gasteiger partial charge in [-0.2, -0.15) is 0 Å². The smallest absolute Gasteiger partial charge is 0.251 e. The molecule has 0 spiro atoms. The Hall–Kier alpha value is -2.36. The van der Waals surface area contributed by atoms with Crippen LogP contribution in [0.4, 0.5) is 5.82 Å². The number of rotatable bonds is 4. The first-order valence-corrected chi connectivity index (χ1v) is 8.27. The van der Waals surface area contributed by atoms with Crippen LogP contribution in [-0.4, -0.2) is 10.9 Å². The van der Waals surface area contributed by atoms with Crippen molar-refractivity contribution in [3.63, 3.8) is 0 Å². The average molecular weight is 309 g/mol. The summed E-state index contributed by atoms with van der Waals surface area (Å²) >= 11 is 0. The molecule has 4 heteroatoms. The SMILES string of the molecule is CCC1CCc2cc(C(=O)NCc3cccc(N)n3)ccc2C1. The maximum atomic E-state index is 12.3. The van der Waals surface area contributed by atoms with Gasteiger partial charge in [0, 0.05) is 5.56 Å². The first kappa shape index (κ1) is 15.5. The van der Waals surface area contributed by atoms with E-state index in [0.717, 1.165) is 30.0 Å². The summed E-state index contributed by atoms with van der Waals surface area (Å²) < 4.78 is 0. The third-order valence-electron chi connectivity index (χ3n) is 4.63. The predicted molar refractivity (Wildman–Crippen MR) is 92.1 cm³/mol. The van der Waals surface area contributed by atoms with Crippen LogP contribution in [0.1, 0.15) is 46.9 Å². The Morgan fingerprint density at radius 2 is 2.17 bits per heavy atom. The number of nitrogens with zero attached hydrogens (tertiary/aromatic N) is 1. The Balaban J connectivity index is 1.66. The van der Waals surface area contributed by atoms with Crippen LogP contribution in [0.2, 0.25) is 0 Å². The Morgan fingerprint density at radius 1 is 1.30 bits per heavy atom. The molecule has 120 valence electrons. The summed E-state index contributed by atoms with van der Waals surface area (Å²) in [7, 11) is 0. The van der Waals surface area contributed by atoms with Gasteiger partial charge in [0.05, 0.1) is 12.2 Å². The average Bonchev–Trinajstić information content (AvgIpc) is 2.58. The summed E-state index contributed by atoms with van der Waals surface area (Å²) in [6, 6.07) is 11.5. The minimum absolute atomic E-state index is 0.0605. The van der Waals surface area contributed by atoms with E-state index in [2.05, 4.69) is 23.3 Å². The molecule has 0 fully saturated rings. The molecule has 1 atom stereocenters. The van der Waals surface area contributed by atoms with Gasteiger partial charge in [0.15, 0.2) is 0 Å². The molecule has 1 aliphatic carbocycles. The van der Waals surface area contributed by atoms with E-state index in [0.29, 0.717) is 12.4 Å². The number of benzene rings is 1. The van der Waals surface area contributed by atoms with Crippen molar-refractivity contribution in [2.24, 2.45) is 5.92 Å². The molecule has 0 radical (unpaired) electrons. The molecule has 3 rings (SSSR count). The van der Waals surface area contributed by atoms with E-state index in [1.165, 1.54) is 24.0 Å². The molecule has 0 saturated carbocycles. The molecule has 4 nitrogen and oxygen atoms in total. The molecule has 1 heterocycles. The van der Waals surface area contributed by atoms with Crippen molar-refractivity contribution in [3.8, 4) is 0 Å². The minimum atomic E-state index is -0.0605. The van der Waals surface area contributed by atoms with Crippen LogP contribution in [0.5, 0.6) is 0 Å². The highest BCUT2D eigenvalue weighted by Gasteiger charge is 2.18. The van der Waals surface area contributed by atoms with Gasteiger partial charge >= 0.3 is 0 Å². The molecule has 1 aromatic heterocycles. The molecule has 3 N–H and O–H groups in total. The predicted octanol–water partition coefficient (Wildman–Crippen LogP) is 3.11. The van der Waals surface area contributed by atoms with Crippen LogP contribution in [0, 0.1) is 5.92 Å². The second-order valence-corrected chi connectivity index (χ2v) is 6.24. The van der Waals surface area contributed by atoms with Crippen molar-refractivity contribution in [1.29, 1.82) is 0 Å². The molecule has 0 bridgehead atoms. The number of fused-ring (bicyclic) bond motifs is 1. The summed E-state index contributed by atoms with van der Waals surface area (Å²) in [5, 5.41) is 2.91. The van der Waals surface area contributed by atoms with Gasteiger partial charge in [-0.1, -0.05) is 25.5 Å². The zero-order valence-corrected chi connectivity index (χ0v) is 13.5. The fourth-order valence-electron chi connectivity index (χ4n) is 3.19. The van der Waals surface area contributed by atoms with E-state index in [1.807, 2.05) is 24.3 Å². The van der Waals surface area contributed by atoms with Crippen LogP contribution in [-0.2, 0) is 19.4 Å². The van der Waals surface area contributed by atoms with Gasteiger partial charge in [-0.15, -0.1) is 0 Å². The number of hydrogen-bond acceptors (Lipinski definition) is 3. The number of amides is 1. The van der Waals surface area contributed by atoms with Gasteiger partial charge in [-0.25, -0.2) is 4.98 Å². The number of pyridine rings is 1. The number of nitrogens with two attached hydrogens (primary N) is 1. The molecule has 2 aromatic rings. The Labute approximate surface area is 137 Å². The third kappa shape index (κ3) is 3.70. The fourth-order valence-corrected chi connectivity index (χ4v) is 3.19. The van der Waals surface area contributed by atoms with Gasteiger partial charge in [0.2, 0.25) is 0 Å². The summed E-state index contributed by atoms with van der Waals surface area (Å²) in [6.07, 6.45) is 4.67. The van der Waals surface area contributed by atoms with Crippen molar-refractivity contribution >= 4 is 11.7 Å². The number of anilines is 1. The topological polar surface area (TPSA) is 68.0 Å². The monoisotopic (exact) mass is 309 g/mol. The molecule has 1 aliphatic rings. The van der Waals surface area contributed by atoms with Crippen molar-refractivity contribution in [1.82, 2.24) is 10.3 Å². The number of nitrogen functional groups attached to an aromatic ring is 1. The van der Waals surface area contributed by atoms with Gasteiger partial charge in [-0.05, 0) is 60.6 Å². The molecule has 1 unspecified atom stereocenters. The molecular formula is C19H23N3O. The van der Waals surface area contributed by atoms with Crippen LogP contribution in [0.25, 0.3) is 0 Å². The number of carbonyl (C=O) groups is 1. The van der Waals surface area contributed by atoms with E-state index in [-0.39, 0.29) is 5.91 Å². The van der Waals surface area contributed by atoms with Gasteiger partial charge in [-0.3, -0.25) is 4.79 Å². The molecule has 1 amide bonds. The molecular weight excluding hydrogens is 286 g/mol. The van der Waals surface area contributed by atoms with Crippen molar-refractivity contribution in [2.45, 2.75) is 39.2 Å². The molecule has 23 heavy (non-hydrogen) atoms. The highest BCUT2D eigenvalue weighted by Crippen LogP contribution is 2.28. The number of aromatic nitrogens is 1. The van der Waals surface area contributed by atoms with Crippen molar-refractivity contribution in [2.75, 3.05) is 5.73 Å². The first-order chi connectivity index (χ1) is 11.2. The van der Waals surface area contributed by atoms with E-state index in [1.54, 1.807) is 6.07 Å². The highest BCUT2D eigenvalue weighted by atomic mass is 16.1. The van der Waals surface area contributed by atoms with Crippen molar-refractivity contribution < 1.29 is 4.79 Å². The Morgan fingerprint density at radius 3 is 2.96 bits per heavy atom. The quantitative estimate of drug-likeness (QED) is 0.912. The lowest BCUT2D eigenvalue weighted by Crippen LogP contribution is -2.24. The molecule has 1 aromatic carbocycles. The molecule has 0 saturated heterocycles. The maximum absolute atomic E-state index is 12.3. The van der Waals surface area contributed by atoms with E-state index in [9.17, 15) is 4.79 Å². The van der Waals surface area contributed by atoms with Gasteiger partial charge in [0.25, 0.3) is 5.91 Å². The van der Waals surface area contributed by atoms with E-state index < -0.39 is 0 Å². The van der Waals surface area contributed by atoms with Gasteiger partial charge in [0.1, 0.15) is 5.82 Å². The lowest BCUT2D eigenvalue weighted by Gasteiger charge is -2.23. The maximum Gasteiger partial charge on any atom is 0.251 e.